The van der Waals surface area contributed by atoms with Gasteiger partial charge in [-0.1, -0.05) is 37.3 Å². The second kappa shape index (κ2) is 9.46. The average Bonchev–Trinajstić information content (AvgIpc) is 3.02. The zero-order valence-electron chi connectivity index (χ0n) is 16.3. The molecule has 1 N–H and O–H groups in total. The third kappa shape index (κ3) is 4.75. The molecule has 0 aliphatic rings. The van der Waals surface area contributed by atoms with Crippen LogP contribution in [-0.2, 0) is 16.1 Å². The van der Waals surface area contributed by atoms with E-state index in [-0.39, 0.29) is 24.1 Å². The molecule has 148 valence electrons. The number of aryl methyl sites for hydroxylation is 1. The number of imidazole rings is 1. The van der Waals surface area contributed by atoms with Crippen LogP contribution in [-0.4, -0.2) is 28.7 Å². The third-order valence-corrected chi connectivity index (χ3v) is 4.71. The van der Waals surface area contributed by atoms with Crippen molar-refractivity contribution in [1.82, 2.24) is 9.55 Å². The molecule has 0 aliphatic heterocycles. The zero-order chi connectivity index (χ0) is 19.9. The van der Waals surface area contributed by atoms with Crippen molar-refractivity contribution in [3.05, 3.63) is 59.9 Å². The third-order valence-electron chi connectivity index (χ3n) is 4.71. The van der Waals surface area contributed by atoms with E-state index >= 15 is 0 Å². The van der Waals surface area contributed by atoms with Gasteiger partial charge in [-0.2, -0.15) is 0 Å². The van der Waals surface area contributed by atoms with Crippen LogP contribution in [0.4, 0.5) is 10.3 Å². The number of benzene rings is 2. The summed E-state index contributed by atoms with van der Waals surface area (Å²) in [7, 11) is 0. The Bertz CT molecular complexity index is 938. The highest BCUT2D eigenvalue weighted by Crippen LogP contribution is 2.24. The second-order valence-electron chi connectivity index (χ2n) is 6.80. The highest BCUT2D eigenvalue weighted by Gasteiger charge is 2.17. The number of nitrogens with one attached hydrogen (secondary N) is 1. The average molecular weight is 383 g/mol. The van der Waals surface area contributed by atoms with E-state index in [0.29, 0.717) is 31.3 Å². The summed E-state index contributed by atoms with van der Waals surface area (Å²) in [5, 5.41) is 2.91. The molecule has 28 heavy (non-hydrogen) atoms. The van der Waals surface area contributed by atoms with E-state index in [0.717, 1.165) is 17.5 Å². The Labute approximate surface area is 164 Å². The van der Waals surface area contributed by atoms with Crippen LogP contribution >= 0.6 is 0 Å². The van der Waals surface area contributed by atoms with E-state index in [9.17, 15) is 9.18 Å². The summed E-state index contributed by atoms with van der Waals surface area (Å²) < 4.78 is 21.4. The largest absolute Gasteiger partial charge is 0.382 e. The second-order valence-corrected chi connectivity index (χ2v) is 6.80. The maximum Gasteiger partial charge on any atom is 0.227 e. The van der Waals surface area contributed by atoms with Gasteiger partial charge in [0.25, 0.3) is 0 Å². The van der Waals surface area contributed by atoms with E-state index in [4.69, 9.17) is 4.74 Å². The number of hydrogen-bond acceptors (Lipinski definition) is 3. The van der Waals surface area contributed by atoms with Crippen LogP contribution in [0.5, 0.6) is 0 Å². The van der Waals surface area contributed by atoms with Gasteiger partial charge in [0, 0.05) is 26.2 Å². The van der Waals surface area contributed by atoms with Gasteiger partial charge in [0.1, 0.15) is 5.82 Å². The molecule has 6 heteroatoms. The molecule has 0 fully saturated rings. The van der Waals surface area contributed by atoms with Crippen molar-refractivity contribution < 1.29 is 13.9 Å². The van der Waals surface area contributed by atoms with Crippen molar-refractivity contribution in [3.8, 4) is 0 Å². The molecule has 0 saturated heterocycles. The fourth-order valence-electron chi connectivity index (χ4n) is 3.30. The summed E-state index contributed by atoms with van der Waals surface area (Å²) in [6.45, 7) is 5.85. The molecule has 3 rings (SSSR count). The normalized spacial score (nSPS) is 12.2. The fraction of sp³-hybridized carbons (Fsp3) is 0.364. The first kappa shape index (κ1) is 20.0. The van der Waals surface area contributed by atoms with E-state index in [2.05, 4.69) is 10.3 Å². The fourth-order valence-corrected chi connectivity index (χ4v) is 3.30. The Morgan fingerprint density at radius 1 is 1.21 bits per heavy atom. The van der Waals surface area contributed by atoms with E-state index in [1.807, 2.05) is 42.7 Å². The molecule has 5 nitrogen and oxygen atoms in total. The monoisotopic (exact) mass is 383 g/mol. The Balaban J connectivity index is 1.73. The lowest BCUT2D eigenvalue weighted by molar-refractivity contribution is -0.116. The van der Waals surface area contributed by atoms with Crippen LogP contribution < -0.4 is 5.32 Å². The highest BCUT2D eigenvalue weighted by molar-refractivity contribution is 5.92. The molecule has 1 heterocycles. The molecule has 1 amide bonds. The minimum absolute atomic E-state index is 0.183. The number of ether oxygens (including phenoxy) is 1. The molecular weight excluding hydrogens is 357 g/mol. The van der Waals surface area contributed by atoms with E-state index < -0.39 is 0 Å². The number of aromatic nitrogens is 2. The standard InChI is InChI=1S/C22H26FN3O2/c1-3-28-14-8-13-26-20-12-7-6-11-19(20)24-22(26)25-21(27)15-16(2)17-9-4-5-10-18(17)23/h4-7,9-12,16H,3,8,13-15H2,1-2H3,(H,24,25,27). The van der Waals surface area contributed by atoms with Crippen molar-refractivity contribution in [2.45, 2.75) is 39.2 Å². The lowest BCUT2D eigenvalue weighted by atomic mass is 9.97. The van der Waals surface area contributed by atoms with Gasteiger partial charge >= 0.3 is 0 Å². The van der Waals surface area contributed by atoms with Crippen LogP contribution in [0.25, 0.3) is 11.0 Å². The minimum atomic E-state index is -0.286. The number of carbonyl (C=O) groups is 1. The Morgan fingerprint density at radius 2 is 1.96 bits per heavy atom. The Hall–Kier alpha value is -2.73. The smallest absolute Gasteiger partial charge is 0.227 e. The molecule has 2 aromatic carbocycles. The minimum Gasteiger partial charge on any atom is -0.382 e. The molecule has 1 atom stereocenters. The number of halogens is 1. The lowest BCUT2D eigenvalue weighted by Crippen LogP contribution is -2.18. The molecule has 0 aliphatic carbocycles. The Morgan fingerprint density at radius 3 is 2.75 bits per heavy atom. The number of hydrogen-bond donors (Lipinski definition) is 1. The van der Waals surface area contributed by atoms with Gasteiger partial charge in [-0.3, -0.25) is 10.1 Å². The van der Waals surface area contributed by atoms with Crippen molar-refractivity contribution in [2.24, 2.45) is 0 Å². The van der Waals surface area contributed by atoms with Crippen molar-refractivity contribution in [1.29, 1.82) is 0 Å². The number of amides is 1. The van der Waals surface area contributed by atoms with Crippen molar-refractivity contribution in [3.63, 3.8) is 0 Å². The summed E-state index contributed by atoms with van der Waals surface area (Å²) in [6.07, 6.45) is 1.01. The highest BCUT2D eigenvalue weighted by atomic mass is 19.1. The number of anilines is 1. The summed E-state index contributed by atoms with van der Waals surface area (Å²) in [5.41, 5.74) is 2.34. The summed E-state index contributed by atoms with van der Waals surface area (Å²) in [6, 6.07) is 14.4. The molecule has 0 saturated carbocycles. The molecular formula is C22H26FN3O2. The lowest BCUT2D eigenvalue weighted by Gasteiger charge is -2.14. The summed E-state index contributed by atoms with van der Waals surface area (Å²) in [4.78, 5) is 17.2. The SMILES string of the molecule is CCOCCCn1c(NC(=O)CC(C)c2ccccc2F)nc2ccccc21. The van der Waals surface area contributed by atoms with Crippen LogP contribution in [0.2, 0.25) is 0 Å². The van der Waals surface area contributed by atoms with Gasteiger partial charge in [0.2, 0.25) is 11.9 Å². The Kier molecular flexibility index (Phi) is 6.76. The first-order valence-corrected chi connectivity index (χ1v) is 9.67. The molecule has 0 bridgehead atoms. The van der Waals surface area contributed by atoms with Crippen molar-refractivity contribution >= 4 is 22.9 Å². The van der Waals surface area contributed by atoms with Gasteiger partial charge in [0.15, 0.2) is 0 Å². The molecule has 3 aromatic rings. The van der Waals surface area contributed by atoms with Gasteiger partial charge in [-0.05, 0) is 43.0 Å². The molecule has 1 aromatic heterocycles. The first-order chi connectivity index (χ1) is 13.6. The summed E-state index contributed by atoms with van der Waals surface area (Å²) >= 11 is 0. The number of nitrogens with zero attached hydrogens (tertiary/aromatic N) is 2. The zero-order valence-corrected chi connectivity index (χ0v) is 16.3. The van der Waals surface area contributed by atoms with Gasteiger partial charge < -0.3 is 9.30 Å². The maximum absolute atomic E-state index is 14.0. The van der Waals surface area contributed by atoms with Crippen molar-refractivity contribution in [2.75, 3.05) is 18.5 Å². The number of rotatable bonds is 9. The van der Waals surface area contributed by atoms with E-state index in [1.54, 1.807) is 18.2 Å². The predicted octanol–water partition coefficient (Wildman–Crippen LogP) is 4.73. The molecule has 0 radical (unpaired) electrons. The predicted molar refractivity (Wildman–Crippen MR) is 109 cm³/mol. The van der Waals surface area contributed by atoms with Gasteiger partial charge in [-0.15, -0.1) is 0 Å². The number of para-hydroxylation sites is 2. The van der Waals surface area contributed by atoms with Gasteiger partial charge in [-0.25, -0.2) is 9.37 Å². The van der Waals surface area contributed by atoms with Crippen LogP contribution in [0.15, 0.2) is 48.5 Å². The molecule has 0 spiro atoms. The van der Waals surface area contributed by atoms with Gasteiger partial charge in [0.05, 0.1) is 11.0 Å². The van der Waals surface area contributed by atoms with Crippen LogP contribution in [0.1, 0.15) is 38.2 Å². The number of carbonyl (C=O) groups excluding carboxylic acids is 1. The van der Waals surface area contributed by atoms with E-state index in [1.165, 1.54) is 6.07 Å². The summed E-state index contributed by atoms with van der Waals surface area (Å²) in [5.74, 6) is -0.177. The number of fused-ring (bicyclic) bond motifs is 1. The molecule has 1 unspecified atom stereocenters. The quantitative estimate of drug-likeness (QED) is 0.543. The topological polar surface area (TPSA) is 56.1 Å². The maximum atomic E-state index is 14.0. The first-order valence-electron chi connectivity index (χ1n) is 9.67. The van der Waals surface area contributed by atoms with Crippen LogP contribution in [0, 0.1) is 5.82 Å². The van der Waals surface area contributed by atoms with Crippen LogP contribution in [0.3, 0.4) is 0 Å².